The predicted octanol–water partition coefficient (Wildman–Crippen LogP) is -1.87. The number of nitrogens with zero attached hydrogens (tertiary/aromatic N) is 5. The molecule has 4 atom stereocenters. The first-order valence-electron chi connectivity index (χ1n) is 15.0. The number of nitrogens with one attached hydrogen (secondary N) is 3. The Morgan fingerprint density at radius 2 is 1.83 bits per heavy atom. The van der Waals surface area contributed by atoms with Crippen LogP contribution >= 0.6 is 0 Å². The van der Waals surface area contributed by atoms with Gasteiger partial charge in [0.25, 0.3) is 0 Å². The number of amides is 2. The predicted molar refractivity (Wildman–Crippen MR) is 161 cm³/mol. The van der Waals surface area contributed by atoms with Crippen molar-refractivity contribution in [3.8, 4) is 0 Å². The molecule has 4 heterocycles. The number of nitrogens with two attached hydrogens (primary N) is 1. The summed E-state index contributed by atoms with van der Waals surface area (Å²) in [5, 5.41) is 80.1. The molecule has 0 radical (unpaired) electrons. The van der Waals surface area contributed by atoms with Crippen molar-refractivity contribution in [3.63, 3.8) is 0 Å². The third-order valence-electron chi connectivity index (χ3n) is 8.85. The second kappa shape index (κ2) is 11.8. The summed E-state index contributed by atoms with van der Waals surface area (Å²) in [6.07, 6.45) is 0.538. The number of rotatable bonds is 8. The molecule has 48 heavy (non-hydrogen) atoms. The molecule has 0 spiro atoms. The van der Waals surface area contributed by atoms with Crippen molar-refractivity contribution < 1.29 is 50.1 Å². The number of hydrogen-bond acceptors (Lipinski definition) is 15. The van der Waals surface area contributed by atoms with Gasteiger partial charge in [-0.1, -0.05) is 0 Å². The summed E-state index contributed by atoms with van der Waals surface area (Å²) in [6.45, 7) is 0. The highest BCUT2D eigenvalue weighted by atomic mass is 16.7. The Balaban J connectivity index is 0.000000381. The van der Waals surface area contributed by atoms with Gasteiger partial charge in [0.15, 0.2) is 5.65 Å². The van der Waals surface area contributed by atoms with E-state index in [4.69, 9.17) is 5.73 Å². The quantitative estimate of drug-likeness (QED) is 0.0913. The van der Waals surface area contributed by atoms with Crippen LogP contribution in [0.25, 0.3) is 22.1 Å². The topological polar surface area (TPSA) is 316 Å². The molecule has 3 aliphatic rings. The first kappa shape index (κ1) is 33.2. The Morgan fingerprint density at radius 3 is 2.44 bits per heavy atom. The van der Waals surface area contributed by atoms with E-state index in [1.54, 1.807) is 0 Å². The van der Waals surface area contributed by atoms with Gasteiger partial charge in [0, 0.05) is 24.4 Å². The van der Waals surface area contributed by atoms with Gasteiger partial charge in [0.1, 0.15) is 23.1 Å². The van der Waals surface area contributed by atoms with E-state index < -0.39 is 35.6 Å². The minimum absolute atomic E-state index is 0.0228. The van der Waals surface area contributed by atoms with Crippen LogP contribution in [0.3, 0.4) is 0 Å². The number of imidazole rings is 1. The summed E-state index contributed by atoms with van der Waals surface area (Å²) in [5.41, 5.74) is 1.97. The number of ether oxygens (including phenoxy) is 1. The summed E-state index contributed by atoms with van der Waals surface area (Å²) < 4.78 is 5.98. The number of primary amides is 1. The maximum absolute atomic E-state index is 13.2. The molecule has 0 aromatic carbocycles. The van der Waals surface area contributed by atoms with Crippen molar-refractivity contribution in [2.45, 2.75) is 62.4 Å². The number of methoxy groups -OCH3 is 1. The molecule has 20 heteroatoms. The van der Waals surface area contributed by atoms with Crippen LogP contribution < -0.4 is 22.1 Å². The van der Waals surface area contributed by atoms with Crippen molar-refractivity contribution >= 4 is 45.7 Å². The smallest absolute Gasteiger partial charge is 0.409 e. The fourth-order valence-electron chi connectivity index (χ4n) is 6.34. The number of carbonyl (C=O) groups is 2. The summed E-state index contributed by atoms with van der Waals surface area (Å²) in [5.74, 6) is -1.10. The number of hydrogen-bond donors (Lipinski definition) is 11. The molecular formula is C28H35N9O11. The zero-order chi connectivity index (χ0) is 34.8. The molecule has 3 fully saturated rings. The molecule has 4 unspecified atom stereocenters. The second-order valence-electron chi connectivity index (χ2n) is 12.4. The molecular weight excluding hydrogens is 638 g/mol. The molecule has 12 N–H and O–H groups in total. The van der Waals surface area contributed by atoms with Crippen LogP contribution in [0, 0.1) is 17.8 Å². The molecule has 7 rings (SSSR count). The van der Waals surface area contributed by atoms with Gasteiger partial charge in [0.05, 0.1) is 29.7 Å². The van der Waals surface area contributed by atoms with Crippen LogP contribution in [0.2, 0.25) is 0 Å². The van der Waals surface area contributed by atoms with Crippen LogP contribution in [0.5, 0.6) is 0 Å². The van der Waals surface area contributed by atoms with Crippen molar-refractivity contribution in [1.29, 1.82) is 0 Å². The zero-order valence-electron chi connectivity index (χ0n) is 25.4. The van der Waals surface area contributed by atoms with E-state index in [2.05, 4.69) is 35.5 Å². The van der Waals surface area contributed by atoms with Gasteiger partial charge in [-0.05, 0) is 56.1 Å². The lowest BCUT2D eigenvalue weighted by Gasteiger charge is -2.23. The van der Waals surface area contributed by atoms with Gasteiger partial charge < -0.3 is 51.5 Å². The van der Waals surface area contributed by atoms with Crippen LogP contribution in [0.4, 0.5) is 16.4 Å². The maximum atomic E-state index is 13.2. The minimum atomic E-state index is -3.57. The van der Waals surface area contributed by atoms with Gasteiger partial charge in [-0.25, -0.2) is 24.1 Å². The number of pyridine rings is 2. The van der Waals surface area contributed by atoms with E-state index >= 15 is 0 Å². The number of aromatic amines is 1. The Morgan fingerprint density at radius 1 is 1.10 bits per heavy atom. The number of aromatic nitrogens is 6. The van der Waals surface area contributed by atoms with Gasteiger partial charge in [-0.2, -0.15) is 5.10 Å². The highest BCUT2D eigenvalue weighted by Gasteiger charge is 2.50. The molecule has 4 aromatic heterocycles. The summed E-state index contributed by atoms with van der Waals surface area (Å²) in [6, 6.07) is 3.45. The number of anilines is 2. The lowest BCUT2D eigenvalue weighted by molar-refractivity contribution is -0.374. The largest absolute Gasteiger partial charge is 0.453 e. The Hall–Kier alpha value is -4.70. The van der Waals surface area contributed by atoms with Crippen LogP contribution in [-0.2, 0) is 21.6 Å². The average Bonchev–Trinajstić information content (AvgIpc) is 3.88. The number of fused-ring (bicyclic) bond motifs is 2. The first-order valence-corrected chi connectivity index (χ1v) is 15.0. The summed E-state index contributed by atoms with van der Waals surface area (Å²) in [4.78, 5) is 43.7. The molecule has 20 nitrogen and oxygen atoms in total. The normalized spacial score (nSPS) is 23.9. The fraction of sp³-hybridized carbons (Fsp3) is 0.500. The third kappa shape index (κ3) is 6.54. The Labute approximate surface area is 269 Å². The number of alkyl carbamates (subject to hydrolysis) is 1. The van der Waals surface area contributed by atoms with Crippen LogP contribution in [0.1, 0.15) is 50.3 Å². The number of carbonyl (C=O) groups excluding carboxylic acids is 2. The zero-order valence-corrected chi connectivity index (χ0v) is 25.4. The highest BCUT2D eigenvalue weighted by molar-refractivity contribution is 5.82. The van der Waals surface area contributed by atoms with Gasteiger partial charge in [0.2, 0.25) is 5.91 Å². The summed E-state index contributed by atoms with van der Waals surface area (Å²) >= 11 is 0. The molecule has 4 aromatic rings. The van der Waals surface area contributed by atoms with Crippen LogP contribution in [-0.4, -0.2) is 89.9 Å². The molecule has 0 bridgehead atoms. The maximum Gasteiger partial charge on any atom is 0.409 e. The molecule has 3 saturated carbocycles. The van der Waals surface area contributed by atoms with E-state index in [1.807, 2.05) is 0 Å². The monoisotopic (exact) mass is 673 g/mol. The summed E-state index contributed by atoms with van der Waals surface area (Å²) in [7, 11) is 1.13. The van der Waals surface area contributed by atoms with Crippen molar-refractivity contribution in [1.82, 2.24) is 34.6 Å². The van der Waals surface area contributed by atoms with E-state index in [0.717, 1.165) is 30.2 Å². The van der Waals surface area contributed by atoms with E-state index in [0.29, 0.717) is 10.5 Å². The molecule has 2 amide bonds. The molecule has 0 aliphatic heterocycles. The minimum Gasteiger partial charge on any atom is -0.453 e. The first-order chi connectivity index (χ1) is 22.5. The third-order valence-corrected chi connectivity index (χ3v) is 8.85. The molecule has 258 valence electrons. The van der Waals surface area contributed by atoms with E-state index in [-0.39, 0.29) is 70.5 Å². The fourth-order valence-corrected chi connectivity index (χ4v) is 6.34. The Kier molecular flexibility index (Phi) is 8.14. The highest BCUT2D eigenvalue weighted by Crippen LogP contribution is 2.54. The van der Waals surface area contributed by atoms with E-state index in [9.17, 15) is 50.1 Å². The van der Waals surface area contributed by atoms with E-state index in [1.165, 1.54) is 31.0 Å². The van der Waals surface area contributed by atoms with Gasteiger partial charge in [-0.15, -0.1) is 0 Å². The van der Waals surface area contributed by atoms with Crippen molar-refractivity contribution in [3.05, 3.63) is 40.6 Å². The SMILES string of the molecule is COC(=O)NC1(O)CCC(n2c(=O)n(C(O)(O)O)c3cnc(Nc4ccc5c(C(O)(O)O)[nH]nc5n4)cc32)C1.NC(=O)C1CC1C1CC1. The Bertz CT molecular complexity index is 1940. The van der Waals surface area contributed by atoms with Gasteiger partial charge >= 0.3 is 23.9 Å². The average molecular weight is 674 g/mol. The van der Waals surface area contributed by atoms with Gasteiger partial charge in [-0.3, -0.25) is 19.8 Å². The number of H-pyrrole nitrogens is 1. The van der Waals surface area contributed by atoms with Crippen molar-refractivity contribution in [2.75, 3.05) is 12.4 Å². The van der Waals surface area contributed by atoms with Crippen LogP contribution in [0.15, 0.2) is 29.2 Å². The number of aliphatic hydroxyl groups is 7. The second-order valence-corrected chi connectivity index (χ2v) is 12.4. The lowest BCUT2D eigenvalue weighted by atomic mass is 10.2. The lowest BCUT2D eigenvalue weighted by Crippen LogP contribution is -2.47. The molecule has 3 aliphatic carbocycles. The standard InChI is InChI=1S/C21H24N8O10.C7H11NO/c1-39-17(30)25-19(32)5-4-9(7-19)28-11-6-14(22-8-12(11)29(18(28)31)21(36,37)38)23-13-3-2-10-15(20(33,34)35)26-27-16(10)24-13;8-7(9)6-3-5(6)4-1-2-4/h2-3,6,8-9,32-38H,4-5,7H2,1H3,(H,25,30)(H2,22,23,24,26,27);4-6H,1-3H2,(H2,8,9). The molecule has 0 saturated heterocycles. The van der Waals surface area contributed by atoms with Crippen molar-refractivity contribution in [2.24, 2.45) is 23.5 Å².